The predicted molar refractivity (Wildman–Crippen MR) is 100 cm³/mol. The average Bonchev–Trinajstić information content (AvgIpc) is 2.90. The Kier molecular flexibility index (Phi) is 4.89. The van der Waals surface area contributed by atoms with Crippen molar-refractivity contribution in [1.29, 1.82) is 0 Å². The molecule has 1 heterocycles. The van der Waals surface area contributed by atoms with Crippen LogP contribution in [0.5, 0.6) is 0 Å². The number of amides is 1. The first-order valence-electron chi connectivity index (χ1n) is 8.56. The maximum atomic E-state index is 13.2. The van der Waals surface area contributed by atoms with E-state index >= 15 is 0 Å². The molecule has 1 aromatic heterocycles. The molecule has 0 saturated heterocycles. The van der Waals surface area contributed by atoms with Crippen molar-refractivity contribution >= 4 is 5.91 Å². The fraction of sp³-hybridized carbons (Fsp3) is 0.238. The smallest absolute Gasteiger partial charge is 0.255 e. The molecule has 4 nitrogen and oxygen atoms in total. The minimum absolute atomic E-state index is 0.115. The lowest BCUT2D eigenvalue weighted by atomic mass is 10.1. The fourth-order valence-corrected chi connectivity index (χ4v) is 3.01. The lowest BCUT2D eigenvalue weighted by Gasteiger charge is -2.15. The third-order valence-corrected chi connectivity index (χ3v) is 4.51. The predicted octanol–water partition coefficient (Wildman–Crippen LogP) is 4.43. The van der Waals surface area contributed by atoms with Crippen molar-refractivity contribution in [3.05, 3.63) is 82.4 Å². The van der Waals surface area contributed by atoms with Crippen molar-refractivity contribution in [1.82, 2.24) is 15.1 Å². The van der Waals surface area contributed by atoms with Gasteiger partial charge in [-0.15, -0.1) is 0 Å². The van der Waals surface area contributed by atoms with Gasteiger partial charge < -0.3 is 5.32 Å². The molecule has 2 aromatic carbocycles. The van der Waals surface area contributed by atoms with Crippen LogP contribution in [0.15, 0.2) is 48.5 Å². The van der Waals surface area contributed by atoms with Gasteiger partial charge in [-0.3, -0.25) is 4.79 Å². The first kappa shape index (κ1) is 17.9. The average molecular weight is 351 g/mol. The lowest BCUT2D eigenvalue weighted by Crippen LogP contribution is -2.27. The number of hydrogen-bond donors (Lipinski definition) is 1. The number of halogens is 1. The molecule has 0 spiro atoms. The van der Waals surface area contributed by atoms with E-state index in [4.69, 9.17) is 0 Å². The van der Waals surface area contributed by atoms with Gasteiger partial charge in [-0.25, -0.2) is 9.07 Å². The Labute approximate surface area is 152 Å². The van der Waals surface area contributed by atoms with Crippen molar-refractivity contribution in [3.8, 4) is 5.69 Å². The normalized spacial score (nSPS) is 12.0. The Balaban J connectivity index is 1.85. The van der Waals surface area contributed by atoms with E-state index in [0.29, 0.717) is 11.3 Å². The standard InChI is InChI=1S/C21H22FN3O/c1-13-5-7-17(8-6-13)14(2)23-21(26)20-15(3)24-25(16(20)4)19-11-9-18(22)10-12-19/h5-12,14H,1-4H3,(H,23,26). The van der Waals surface area contributed by atoms with Gasteiger partial charge in [0.1, 0.15) is 5.82 Å². The minimum atomic E-state index is -0.305. The molecule has 0 aliphatic heterocycles. The van der Waals surface area contributed by atoms with Crippen LogP contribution in [-0.2, 0) is 0 Å². The second-order valence-electron chi connectivity index (χ2n) is 6.54. The fourth-order valence-electron chi connectivity index (χ4n) is 3.01. The van der Waals surface area contributed by atoms with Crippen LogP contribution in [0.25, 0.3) is 5.69 Å². The van der Waals surface area contributed by atoms with Gasteiger partial charge in [0.25, 0.3) is 5.91 Å². The number of aryl methyl sites for hydroxylation is 2. The quantitative estimate of drug-likeness (QED) is 0.756. The molecule has 3 rings (SSSR count). The Morgan fingerprint density at radius 1 is 1.04 bits per heavy atom. The highest BCUT2D eigenvalue weighted by Gasteiger charge is 2.21. The molecule has 26 heavy (non-hydrogen) atoms. The highest BCUT2D eigenvalue weighted by molar-refractivity contribution is 5.96. The summed E-state index contributed by atoms with van der Waals surface area (Å²) in [6.45, 7) is 7.63. The van der Waals surface area contributed by atoms with Crippen molar-refractivity contribution < 1.29 is 9.18 Å². The number of carbonyl (C=O) groups is 1. The highest BCUT2D eigenvalue weighted by atomic mass is 19.1. The summed E-state index contributed by atoms with van der Waals surface area (Å²) in [4.78, 5) is 12.8. The number of aromatic nitrogens is 2. The van der Waals surface area contributed by atoms with Gasteiger partial charge in [0.05, 0.1) is 28.7 Å². The number of carbonyl (C=O) groups excluding carboxylic acids is 1. The van der Waals surface area contributed by atoms with Crippen LogP contribution in [0.1, 0.15) is 45.8 Å². The summed E-state index contributed by atoms with van der Waals surface area (Å²) in [5.41, 5.74) is 4.86. The highest BCUT2D eigenvalue weighted by Crippen LogP contribution is 2.20. The van der Waals surface area contributed by atoms with E-state index in [1.807, 2.05) is 45.0 Å². The molecule has 1 amide bonds. The van der Waals surface area contributed by atoms with Crippen molar-refractivity contribution in [2.75, 3.05) is 0 Å². The summed E-state index contributed by atoms with van der Waals surface area (Å²) >= 11 is 0. The van der Waals surface area contributed by atoms with Crippen LogP contribution >= 0.6 is 0 Å². The summed E-state index contributed by atoms with van der Waals surface area (Å²) < 4.78 is 14.8. The van der Waals surface area contributed by atoms with Gasteiger partial charge in [-0.2, -0.15) is 5.10 Å². The number of nitrogens with one attached hydrogen (secondary N) is 1. The first-order valence-corrected chi connectivity index (χ1v) is 8.56. The van der Waals surface area contributed by atoms with Crippen molar-refractivity contribution in [3.63, 3.8) is 0 Å². The van der Waals surface area contributed by atoms with E-state index in [9.17, 15) is 9.18 Å². The van der Waals surface area contributed by atoms with Crippen LogP contribution in [0, 0.1) is 26.6 Å². The summed E-state index contributed by atoms with van der Waals surface area (Å²) in [5, 5.41) is 7.49. The summed E-state index contributed by atoms with van der Waals surface area (Å²) in [7, 11) is 0. The van der Waals surface area contributed by atoms with Gasteiger partial charge >= 0.3 is 0 Å². The molecule has 0 fully saturated rings. The molecule has 0 bridgehead atoms. The first-order chi connectivity index (χ1) is 12.4. The van der Waals surface area contributed by atoms with E-state index in [0.717, 1.165) is 16.9 Å². The molecule has 1 unspecified atom stereocenters. The molecule has 0 aliphatic carbocycles. The maximum Gasteiger partial charge on any atom is 0.255 e. The summed E-state index contributed by atoms with van der Waals surface area (Å²) in [5.74, 6) is -0.471. The number of benzene rings is 2. The molecule has 1 N–H and O–H groups in total. The van der Waals surface area contributed by atoms with Crippen molar-refractivity contribution in [2.24, 2.45) is 0 Å². The molecule has 3 aromatic rings. The molecule has 1 atom stereocenters. The van der Waals surface area contributed by atoms with Crippen LogP contribution in [0.4, 0.5) is 4.39 Å². The van der Waals surface area contributed by atoms with Gasteiger partial charge in [-0.05, 0) is 57.5 Å². The van der Waals surface area contributed by atoms with Crippen LogP contribution in [0.3, 0.4) is 0 Å². The van der Waals surface area contributed by atoms with Crippen molar-refractivity contribution in [2.45, 2.75) is 33.7 Å². The van der Waals surface area contributed by atoms with Crippen LogP contribution < -0.4 is 5.32 Å². The maximum absolute atomic E-state index is 13.2. The topological polar surface area (TPSA) is 46.9 Å². The molecule has 0 radical (unpaired) electrons. The molecule has 0 aliphatic rings. The van der Waals surface area contributed by atoms with Gasteiger partial charge in [0, 0.05) is 0 Å². The van der Waals surface area contributed by atoms with Crippen LogP contribution in [-0.4, -0.2) is 15.7 Å². The SMILES string of the molecule is Cc1ccc(C(C)NC(=O)c2c(C)nn(-c3ccc(F)cc3)c2C)cc1. The Morgan fingerprint density at radius 2 is 1.65 bits per heavy atom. The van der Waals surface area contributed by atoms with E-state index in [1.165, 1.54) is 17.7 Å². The largest absolute Gasteiger partial charge is 0.345 e. The Bertz CT molecular complexity index is 927. The van der Waals surface area contributed by atoms with E-state index in [2.05, 4.69) is 10.4 Å². The van der Waals surface area contributed by atoms with E-state index in [1.54, 1.807) is 23.7 Å². The van der Waals surface area contributed by atoms with Crippen LogP contribution in [0.2, 0.25) is 0 Å². The molecule has 5 heteroatoms. The zero-order valence-corrected chi connectivity index (χ0v) is 15.4. The Morgan fingerprint density at radius 3 is 2.27 bits per heavy atom. The lowest BCUT2D eigenvalue weighted by molar-refractivity contribution is 0.0938. The van der Waals surface area contributed by atoms with Gasteiger partial charge in [-0.1, -0.05) is 29.8 Å². The van der Waals surface area contributed by atoms with Gasteiger partial charge in [0.2, 0.25) is 0 Å². The molecular weight excluding hydrogens is 329 g/mol. The summed E-state index contributed by atoms with van der Waals surface area (Å²) in [6, 6.07) is 14.0. The Hall–Kier alpha value is -2.95. The minimum Gasteiger partial charge on any atom is -0.345 e. The zero-order valence-electron chi connectivity index (χ0n) is 15.4. The zero-order chi connectivity index (χ0) is 18.8. The molecule has 134 valence electrons. The second kappa shape index (κ2) is 7.12. The monoisotopic (exact) mass is 351 g/mol. The molecule has 0 saturated carbocycles. The third-order valence-electron chi connectivity index (χ3n) is 4.51. The number of hydrogen-bond acceptors (Lipinski definition) is 2. The summed E-state index contributed by atoms with van der Waals surface area (Å²) in [6.07, 6.45) is 0. The van der Waals surface area contributed by atoms with Gasteiger partial charge in [0.15, 0.2) is 0 Å². The van der Waals surface area contributed by atoms with E-state index < -0.39 is 0 Å². The number of rotatable bonds is 4. The molecular formula is C21H22FN3O. The van der Waals surface area contributed by atoms with E-state index in [-0.39, 0.29) is 17.8 Å². The third kappa shape index (κ3) is 3.52. The number of nitrogens with zero attached hydrogens (tertiary/aromatic N) is 2. The second-order valence-corrected chi connectivity index (χ2v) is 6.54.